The van der Waals surface area contributed by atoms with Crippen LogP contribution in [-0.2, 0) is 11.3 Å². The second kappa shape index (κ2) is 6.78. The van der Waals surface area contributed by atoms with Crippen molar-refractivity contribution in [2.24, 2.45) is 0 Å². The standard InChI is InChI=1S/C16H19ClN2O2/c1-11-7-8-13(21-11)9-19(3)10-16(20)18-15-6-4-5-14(17)12(15)2/h4-8H,9-10H2,1-3H3,(H,18,20). The molecule has 21 heavy (non-hydrogen) atoms. The van der Waals surface area contributed by atoms with Crippen LogP contribution in [0.2, 0.25) is 5.02 Å². The normalized spacial score (nSPS) is 10.9. The van der Waals surface area contributed by atoms with E-state index in [1.165, 1.54) is 0 Å². The molecule has 0 unspecified atom stereocenters. The van der Waals surface area contributed by atoms with Gasteiger partial charge >= 0.3 is 0 Å². The number of nitrogens with zero attached hydrogens (tertiary/aromatic N) is 1. The fourth-order valence-electron chi connectivity index (χ4n) is 2.07. The van der Waals surface area contributed by atoms with E-state index in [0.717, 1.165) is 22.8 Å². The van der Waals surface area contributed by atoms with Crippen LogP contribution in [0.1, 0.15) is 17.1 Å². The number of benzene rings is 1. The highest BCUT2D eigenvalue weighted by Crippen LogP contribution is 2.22. The maximum absolute atomic E-state index is 12.1. The number of rotatable bonds is 5. The second-order valence-corrected chi connectivity index (χ2v) is 5.55. The van der Waals surface area contributed by atoms with Gasteiger partial charge in [0.1, 0.15) is 11.5 Å². The Morgan fingerprint density at radius 3 is 2.71 bits per heavy atom. The summed E-state index contributed by atoms with van der Waals surface area (Å²) in [7, 11) is 1.88. The number of anilines is 1. The Morgan fingerprint density at radius 1 is 1.29 bits per heavy atom. The Labute approximate surface area is 129 Å². The van der Waals surface area contributed by atoms with Crippen LogP contribution in [0.3, 0.4) is 0 Å². The first-order valence-corrected chi connectivity index (χ1v) is 7.12. The minimum atomic E-state index is -0.0776. The first-order chi connectivity index (χ1) is 9.95. The van der Waals surface area contributed by atoms with E-state index in [0.29, 0.717) is 11.6 Å². The molecule has 112 valence electrons. The molecule has 0 atom stereocenters. The first-order valence-electron chi connectivity index (χ1n) is 6.74. The van der Waals surface area contributed by atoms with Crippen molar-refractivity contribution >= 4 is 23.2 Å². The van der Waals surface area contributed by atoms with E-state index in [1.54, 1.807) is 6.07 Å². The van der Waals surface area contributed by atoms with E-state index in [2.05, 4.69) is 5.32 Å². The zero-order valence-corrected chi connectivity index (χ0v) is 13.2. The number of carbonyl (C=O) groups is 1. The van der Waals surface area contributed by atoms with Gasteiger partial charge in [0, 0.05) is 10.7 Å². The minimum Gasteiger partial charge on any atom is -0.465 e. The van der Waals surface area contributed by atoms with Crippen molar-refractivity contribution in [2.45, 2.75) is 20.4 Å². The first kappa shape index (κ1) is 15.6. The number of hydrogen-bond donors (Lipinski definition) is 1. The topological polar surface area (TPSA) is 45.5 Å². The Balaban J connectivity index is 1.90. The lowest BCUT2D eigenvalue weighted by Crippen LogP contribution is -2.29. The molecule has 0 aliphatic heterocycles. The highest BCUT2D eigenvalue weighted by molar-refractivity contribution is 6.31. The van der Waals surface area contributed by atoms with Crippen molar-refractivity contribution in [3.63, 3.8) is 0 Å². The summed E-state index contributed by atoms with van der Waals surface area (Å²) in [6, 6.07) is 9.30. The quantitative estimate of drug-likeness (QED) is 0.917. The monoisotopic (exact) mass is 306 g/mol. The van der Waals surface area contributed by atoms with Gasteiger partial charge in [0.2, 0.25) is 5.91 Å². The highest BCUT2D eigenvalue weighted by atomic mass is 35.5. The average Bonchev–Trinajstić information content (AvgIpc) is 2.80. The predicted octanol–water partition coefficient (Wildman–Crippen LogP) is 3.62. The van der Waals surface area contributed by atoms with Gasteiger partial charge in [-0.2, -0.15) is 0 Å². The summed E-state index contributed by atoms with van der Waals surface area (Å²) in [4.78, 5) is 14.0. The molecule has 1 aromatic carbocycles. The molecule has 0 spiro atoms. The van der Waals surface area contributed by atoms with E-state index >= 15 is 0 Å². The minimum absolute atomic E-state index is 0.0776. The van der Waals surface area contributed by atoms with E-state index in [-0.39, 0.29) is 12.5 Å². The third kappa shape index (κ3) is 4.34. The van der Waals surface area contributed by atoms with Crippen LogP contribution in [0.5, 0.6) is 0 Å². The highest BCUT2D eigenvalue weighted by Gasteiger charge is 2.11. The fraction of sp³-hybridized carbons (Fsp3) is 0.312. The van der Waals surface area contributed by atoms with E-state index in [4.69, 9.17) is 16.0 Å². The maximum Gasteiger partial charge on any atom is 0.238 e. The van der Waals surface area contributed by atoms with Crippen LogP contribution in [0.25, 0.3) is 0 Å². The molecule has 2 rings (SSSR count). The smallest absolute Gasteiger partial charge is 0.238 e. The maximum atomic E-state index is 12.1. The van der Waals surface area contributed by atoms with Crippen LogP contribution >= 0.6 is 11.6 Å². The van der Waals surface area contributed by atoms with Gasteiger partial charge in [0.15, 0.2) is 0 Å². The number of furan rings is 1. The third-order valence-electron chi connectivity index (χ3n) is 3.18. The molecule has 0 saturated carbocycles. The number of carbonyl (C=O) groups excluding carboxylic acids is 1. The molecule has 4 nitrogen and oxygen atoms in total. The summed E-state index contributed by atoms with van der Waals surface area (Å²) in [6.45, 7) is 4.66. The second-order valence-electron chi connectivity index (χ2n) is 5.15. The number of nitrogens with one attached hydrogen (secondary N) is 1. The Bertz CT molecular complexity index is 637. The summed E-state index contributed by atoms with van der Waals surface area (Å²) >= 11 is 6.04. The van der Waals surface area contributed by atoms with Crippen LogP contribution < -0.4 is 5.32 Å². The lowest BCUT2D eigenvalue weighted by molar-refractivity contribution is -0.117. The SMILES string of the molecule is Cc1ccc(CN(C)CC(=O)Nc2cccc(Cl)c2C)o1. The molecular formula is C16H19ClN2O2. The van der Waals surface area contributed by atoms with Gasteiger partial charge in [-0.25, -0.2) is 0 Å². The summed E-state index contributed by atoms with van der Waals surface area (Å²) in [5.41, 5.74) is 1.62. The van der Waals surface area contributed by atoms with Gasteiger partial charge in [-0.05, 0) is 50.7 Å². The molecule has 1 aromatic heterocycles. The summed E-state index contributed by atoms with van der Waals surface area (Å²) in [6.07, 6.45) is 0. The van der Waals surface area contributed by atoms with Crippen LogP contribution in [0.4, 0.5) is 5.69 Å². The lowest BCUT2D eigenvalue weighted by Gasteiger charge is -2.16. The van der Waals surface area contributed by atoms with Crippen LogP contribution in [-0.4, -0.2) is 24.4 Å². The summed E-state index contributed by atoms with van der Waals surface area (Å²) < 4.78 is 5.50. The zero-order chi connectivity index (χ0) is 15.4. The molecule has 0 aliphatic carbocycles. The number of hydrogen-bond acceptors (Lipinski definition) is 3. The molecule has 0 fully saturated rings. The summed E-state index contributed by atoms with van der Waals surface area (Å²) in [5, 5.41) is 3.52. The molecule has 0 saturated heterocycles. The van der Waals surface area contributed by atoms with Crippen molar-refractivity contribution in [1.82, 2.24) is 4.90 Å². The van der Waals surface area contributed by atoms with Crippen molar-refractivity contribution in [3.8, 4) is 0 Å². The number of aryl methyl sites for hydroxylation is 1. The molecule has 5 heteroatoms. The Hall–Kier alpha value is -1.78. The van der Waals surface area contributed by atoms with Gasteiger partial charge < -0.3 is 9.73 Å². The molecule has 1 amide bonds. The van der Waals surface area contributed by atoms with E-state index < -0.39 is 0 Å². The molecule has 0 aliphatic rings. The van der Waals surface area contributed by atoms with E-state index in [9.17, 15) is 4.79 Å². The van der Waals surface area contributed by atoms with E-state index in [1.807, 2.05) is 50.1 Å². The van der Waals surface area contributed by atoms with Crippen molar-refractivity contribution in [3.05, 3.63) is 52.4 Å². The average molecular weight is 307 g/mol. The number of halogens is 1. The van der Waals surface area contributed by atoms with Gasteiger partial charge in [0.25, 0.3) is 0 Å². The molecule has 1 heterocycles. The van der Waals surface area contributed by atoms with Crippen LogP contribution in [0.15, 0.2) is 34.7 Å². The van der Waals surface area contributed by atoms with Gasteiger partial charge in [-0.15, -0.1) is 0 Å². The van der Waals surface area contributed by atoms with Gasteiger partial charge in [-0.3, -0.25) is 9.69 Å². The number of likely N-dealkylation sites (N-methyl/N-ethyl adjacent to an activating group) is 1. The Morgan fingerprint density at radius 2 is 2.05 bits per heavy atom. The lowest BCUT2D eigenvalue weighted by atomic mass is 10.2. The van der Waals surface area contributed by atoms with Crippen molar-refractivity contribution < 1.29 is 9.21 Å². The summed E-state index contributed by atoms with van der Waals surface area (Å²) in [5.74, 6) is 1.64. The molecule has 0 radical (unpaired) electrons. The molecular weight excluding hydrogens is 288 g/mol. The number of amides is 1. The zero-order valence-electron chi connectivity index (χ0n) is 12.4. The van der Waals surface area contributed by atoms with Crippen molar-refractivity contribution in [1.29, 1.82) is 0 Å². The van der Waals surface area contributed by atoms with Crippen LogP contribution in [0, 0.1) is 13.8 Å². The molecule has 1 N–H and O–H groups in total. The largest absolute Gasteiger partial charge is 0.465 e. The molecule has 2 aromatic rings. The van der Waals surface area contributed by atoms with Crippen molar-refractivity contribution in [2.75, 3.05) is 18.9 Å². The predicted molar refractivity (Wildman–Crippen MR) is 84.6 cm³/mol. The van der Waals surface area contributed by atoms with Gasteiger partial charge in [-0.1, -0.05) is 17.7 Å². The van der Waals surface area contributed by atoms with Gasteiger partial charge in [0.05, 0.1) is 13.1 Å². The Kier molecular flexibility index (Phi) is 5.04. The molecule has 0 bridgehead atoms. The third-order valence-corrected chi connectivity index (χ3v) is 3.59. The fourth-order valence-corrected chi connectivity index (χ4v) is 2.24.